The number of anilines is 1. The number of carbonyl (C=O) groups is 3. The largest absolute Gasteiger partial charge is 0.379 e. The Morgan fingerprint density at radius 3 is 2.46 bits per heavy atom. The van der Waals surface area contributed by atoms with Gasteiger partial charge in [0.2, 0.25) is 17.7 Å². The van der Waals surface area contributed by atoms with Crippen LogP contribution in [0.5, 0.6) is 0 Å². The quantitative estimate of drug-likeness (QED) is 0.345. The fourth-order valence-corrected chi connectivity index (χ4v) is 6.77. The highest BCUT2D eigenvalue weighted by atomic mass is 16.5. The van der Waals surface area contributed by atoms with Gasteiger partial charge in [-0.1, -0.05) is 57.4 Å². The van der Waals surface area contributed by atoms with Crippen LogP contribution in [0.2, 0.25) is 0 Å². The Morgan fingerprint density at radius 2 is 1.79 bits per heavy atom. The number of hydrogen-bond acceptors (Lipinski definition) is 5. The number of benzene rings is 1. The number of fused-ring (bicyclic) bond motifs is 1. The first-order chi connectivity index (χ1) is 18.7. The Morgan fingerprint density at radius 1 is 1.08 bits per heavy atom. The highest BCUT2D eigenvalue weighted by Crippen LogP contribution is 2.55. The number of nitrogens with one attached hydrogen (secondary N) is 2. The average molecular weight is 538 g/mol. The second-order valence-corrected chi connectivity index (χ2v) is 12.1. The molecule has 8 heteroatoms. The first-order valence-corrected chi connectivity index (χ1v) is 14.7. The van der Waals surface area contributed by atoms with Gasteiger partial charge in [0, 0.05) is 24.9 Å². The molecule has 39 heavy (non-hydrogen) atoms. The van der Waals surface area contributed by atoms with Gasteiger partial charge < -0.3 is 25.0 Å². The summed E-state index contributed by atoms with van der Waals surface area (Å²) in [6, 6.07) is 7.10. The fourth-order valence-electron chi connectivity index (χ4n) is 6.77. The molecular weight excluding hydrogens is 494 g/mol. The Kier molecular flexibility index (Phi) is 8.15. The topological polar surface area (TPSA) is 97.0 Å². The lowest BCUT2D eigenvalue weighted by molar-refractivity contribution is -0.141. The zero-order valence-corrected chi connectivity index (χ0v) is 23.7. The van der Waals surface area contributed by atoms with E-state index in [9.17, 15) is 14.4 Å². The van der Waals surface area contributed by atoms with Crippen molar-refractivity contribution < 1.29 is 23.9 Å². The number of likely N-dealkylation sites (tertiary alicyclic amines) is 1. The van der Waals surface area contributed by atoms with Gasteiger partial charge in [0.05, 0.1) is 24.0 Å². The summed E-state index contributed by atoms with van der Waals surface area (Å²) in [7, 11) is 0. The predicted octanol–water partition coefficient (Wildman–Crippen LogP) is 4.16. The number of amides is 3. The highest BCUT2D eigenvalue weighted by molar-refractivity contribution is 6.02. The summed E-state index contributed by atoms with van der Waals surface area (Å²) in [5.41, 5.74) is 0.737. The molecule has 5 unspecified atom stereocenters. The monoisotopic (exact) mass is 537 g/mol. The van der Waals surface area contributed by atoms with Gasteiger partial charge in [0.25, 0.3) is 0 Å². The van der Waals surface area contributed by atoms with Crippen LogP contribution in [0.3, 0.4) is 0 Å². The van der Waals surface area contributed by atoms with E-state index in [0.29, 0.717) is 31.2 Å². The molecular formula is C31H43N3O5. The van der Waals surface area contributed by atoms with E-state index in [2.05, 4.69) is 24.5 Å². The molecule has 5 rings (SSSR count). The van der Waals surface area contributed by atoms with Crippen LogP contribution in [0, 0.1) is 11.8 Å². The molecule has 1 saturated carbocycles. The first-order valence-electron chi connectivity index (χ1n) is 14.7. The van der Waals surface area contributed by atoms with Crippen LogP contribution in [-0.2, 0) is 23.9 Å². The summed E-state index contributed by atoms with van der Waals surface area (Å²) in [5.74, 6) is -1.67. The van der Waals surface area contributed by atoms with E-state index in [1.54, 1.807) is 4.90 Å². The van der Waals surface area contributed by atoms with Crippen LogP contribution in [-0.4, -0.2) is 65.7 Å². The van der Waals surface area contributed by atoms with Gasteiger partial charge in [0.15, 0.2) is 0 Å². The summed E-state index contributed by atoms with van der Waals surface area (Å²) in [5, 5.41) is 6.24. The van der Waals surface area contributed by atoms with Gasteiger partial charge in [-0.25, -0.2) is 0 Å². The zero-order chi connectivity index (χ0) is 27.7. The smallest absolute Gasteiger partial charge is 0.246 e. The highest BCUT2D eigenvalue weighted by Gasteiger charge is 2.72. The number of nitrogens with zero attached hydrogens (tertiary/aromatic N) is 1. The van der Waals surface area contributed by atoms with Gasteiger partial charge >= 0.3 is 0 Å². The van der Waals surface area contributed by atoms with Crippen LogP contribution < -0.4 is 10.6 Å². The second kappa shape index (κ2) is 11.4. The molecule has 4 aliphatic rings. The van der Waals surface area contributed by atoms with Gasteiger partial charge in [-0.05, 0) is 56.7 Å². The van der Waals surface area contributed by atoms with E-state index < -0.39 is 29.6 Å². The summed E-state index contributed by atoms with van der Waals surface area (Å²) >= 11 is 0. The van der Waals surface area contributed by atoms with E-state index in [0.717, 1.165) is 25.7 Å². The molecule has 3 heterocycles. The van der Waals surface area contributed by atoms with E-state index in [4.69, 9.17) is 9.47 Å². The SMILES string of the molecule is CC(C)OCCCN1C(=O)C2C(C(=O)Nc3ccc(C(C)C)cc3)C3C=CC2(O3)C1C(=O)NC1CCCCC1. The van der Waals surface area contributed by atoms with Gasteiger partial charge in [-0.3, -0.25) is 14.4 Å². The van der Waals surface area contributed by atoms with E-state index >= 15 is 0 Å². The van der Waals surface area contributed by atoms with Crippen molar-refractivity contribution in [2.45, 2.75) is 102 Å². The lowest BCUT2D eigenvalue weighted by Crippen LogP contribution is -2.56. The third-order valence-electron chi connectivity index (χ3n) is 8.72. The van der Waals surface area contributed by atoms with Crippen LogP contribution in [0.1, 0.15) is 77.7 Å². The molecule has 3 aliphatic heterocycles. The molecule has 3 fully saturated rings. The van der Waals surface area contributed by atoms with Crippen molar-refractivity contribution in [3.05, 3.63) is 42.0 Å². The minimum absolute atomic E-state index is 0.0900. The minimum atomic E-state index is -1.14. The Balaban J connectivity index is 1.37. The summed E-state index contributed by atoms with van der Waals surface area (Å²) in [4.78, 5) is 43.1. The normalized spacial score (nSPS) is 29.9. The van der Waals surface area contributed by atoms with Crippen molar-refractivity contribution in [3.63, 3.8) is 0 Å². The molecule has 3 amide bonds. The molecule has 0 radical (unpaired) electrons. The molecule has 0 aromatic heterocycles. The number of rotatable bonds is 10. The lowest BCUT2D eigenvalue weighted by Gasteiger charge is -2.34. The first kappa shape index (κ1) is 27.8. The Hall–Kier alpha value is -2.71. The molecule has 2 N–H and O–H groups in total. The summed E-state index contributed by atoms with van der Waals surface area (Å²) in [6.07, 6.45) is 9.17. The lowest BCUT2D eigenvalue weighted by atomic mass is 9.74. The third kappa shape index (κ3) is 5.38. The van der Waals surface area contributed by atoms with Gasteiger partial charge in [-0.2, -0.15) is 0 Å². The number of carbonyl (C=O) groups excluding carboxylic acids is 3. The molecule has 8 nitrogen and oxygen atoms in total. The predicted molar refractivity (Wildman–Crippen MR) is 149 cm³/mol. The van der Waals surface area contributed by atoms with Crippen LogP contribution in [0.25, 0.3) is 0 Å². The molecule has 1 aromatic rings. The molecule has 212 valence electrons. The van der Waals surface area contributed by atoms with E-state index in [-0.39, 0.29) is 29.9 Å². The van der Waals surface area contributed by atoms with Crippen molar-refractivity contribution in [1.29, 1.82) is 0 Å². The van der Waals surface area contributed by atoms with E-state index in [1.165, 1.54) is 12.0 Å². The summed E-state index contributed by atoms with van der Waals surface area (Å²) in [6.45, 7) is 9.06. The average Bonchev–Trinajstić information content (AvgIpc) is 3.54. The maximum atomic E-state index is 14.0. The van der Waals surface area contributed by atoms with Crippen molar-refractivity contribution in [2.24, 2.45) is 11.8 Å². The van der Waals surface area contributed by atoms with Crippen molar-refractivity contribution in [1.82, 2.24) is 10.2 Å². The molecule has 2 bridgehead atoms. The molecule has 2 saturated heterocycles. The second-order valence-electron chi connectivity index (χ2n) is 12.1. The standard InChI is InChI=1S/C31H43N3O5/c1-19(2)21-11-13-23(14-12-21)32-28(35)25-24-15-16-31(39-24)26(25)30(37)34(17-8-18-38-20(3)4)27(31)29(36)33-22-9-6-5-7-10-22/h11-16,19-20,22,24-27H,5-10,17-18H2,1-4H3,(H,32,35)(H,33,36). The number of ether oxygens (including phenoxy) is 2. The minimum Gasteiger partial charge on any atom is -0.379 e. The number of hydrogen-bond donors (Lipinski definition) is 2. The van der Waals surface area contributed by atoms with Crippen LogP contribution in [0.4, 0.5) is 5.69 Å². The zero-order valence-electron chi connectivity index (χ0n) is 23.7. The van der Waals surface area contributed by atoms with Crippen LogP contribution >= 0.6 is 0 Å². The van der Waals surface area contributed by atoms with Gasteiger partial charge in [-0.15, -0.1) is 0 Å². The Bertz CT molecular complexity index is 1090. The van der Waals surface area contributed by atoms with E-state index in [1.807, 2.05) is 50.3 Å². The van der Waals surface area contributed by atoms with Crippen molar-refractivity contribution >= 4 is 23.4 Å². The van der Waals surface area contributed by atoms with Gasteiger partial charge in [0.1, 0.15) is 11.6 Å². The third-order valence-corrected chi connectivity index (χ3v) is 8.72. The fraction of sp³-hybridized carbons (Fsp3) is 0.645. The van der Waals surface area contributed by atoms with Crippen molar-refractivity contribution in [2.75, 3.05) is 18.5 Å². The summed E-state index contributed by atoms with van der Waals surface area (Å²) < 4.78 is 12.2. The Labute approximate surface area is 231 Å². The maximum absolute atomic E-state index is 14.0. The molecule has 1 spiro atoms. The van der Waals surface area contributed by atoms with Crippen LogP contribution in [0.15, 0.2) is 36.4 Å². The molecule has 5 atom stereocenters. The van der Waals surface area contributed by atoms with Crippen molar-refractivity contribution in [3.8, 4) is 0 Å². The molecule has 1 aliphatic carbocycles. The maximum Gasteiger partial charge on any atom is 0.246 e. The molecule has 1 aromatic carbocycles.